The number of para-hydroxylation sites is 1. The van der Waals surface area contributed by atoms with E-state index in [1.165, 1.54) is 10.6 Å². The highest BCUT2D eigenvalue weighted by atomic mass is 32.2. The van der Waals surface area contributed by atoms with Crippen molar-refractivity contribution in [3.63, 3.8) is 0 Å². The van der Waals surface area contributed by atoms with Gasteiger partial charge < -0.3 is 5.32 Å². The maximum absolute atomic E-state index is 4.03. The zero-order valence-electron chi connectivity index (χ0n) is 7.99. The van der Waals surface area contributed by atoms with Gasteiger partial charge in [-0.2, -0.15) is 0 Å². The molecule has 0 radical (unpaired) electrons. The molecule has 1 unspecified atom stereocenters. The summed E-state index contributed by atoms with van der Waals surface area (Å²) in [7, 11) is 0. The van der Waals surface area contributed by atoms with Crippen LogP contribution in [0.5, 0.6) is 0 Å². The molecule has 1 N–H and O–H groups in total. The molecule has 0 amide bonds. The Balaban J connectivity index is 2.26. The number of fused-ring (bicyclic) bond motifs is 1. The second-order valence-corrected chi connectivity index (χ2v) is 4.52. The highest BCUT2D eigenvalue weighted by Gasteiger charge is 2.20. The van der Waals surface area contributed by atoms with Gasteiger partial charge in [-0.15, -0.1) is 18.3 Å². The molecule has 1 aromatic carbocycles. The van der Waals surface area contributed by atoms with Crippen LogP contribution in [0.1, 0.15) is 6.42 Å². The first kappa shape index (κ1) is 9.41. The van der Waals surface area contributed by atoms with Crippen molar-refractivity contribution >= 4 is 17.4 Å². The molecule has 0 aliphatic carbocycles. The molecule has 1 aromatic rings. The number of hydrogen-bond donors (Lipinski definition) is 1. The predicted octanol–water partition coefficient (Wildman–Crippen LogP) is 3.66. The third-order valence-electron chi connectivity index (χ3n) is 2.22. The molecular formula is C12H13NS. The summed E-state index contributed by atoms with van der Waals surface area (Å²) in [6.07, 6.45) is 2.91. The van der Waals surface area contributed by atoms with Gasteiger partial charge in [0.15, 0.2) is 0 Å². The Morgan fingerprint density at radius 3 is 3.00 bits per heavy atom. The topological polar surface area (TPSA) is 12.0 Å². The van der Waals surface area contributed by atoms with Crippen LogP contribution in [-0.2, 0) is 0 Å². The van der Waals surface area contributed by atoms with E-state index in [2.05, 4.69) is 36.7 Å². The van der Waals surface area contributed by atoms with Crippen LogP contribution in [-0.4, -0.2) is 5.25 Å². The lowest BCUT2D eigenvalue weighted by atomic mass is 10.2. The Labute approximate surface area is 88.9 Å². The van der Waals surface area contributed by atoms with Crippen molar-refractivity contribution < 1.29 is 0 Å². The van der Waals surface area contributed by atoms with E-state index < -0.39 is 0 Å². The van der Waals surface area contributed by atoms with Crippen LogP contribution in [0.25, 0.3) is 0 Å². The van der Waals surface area contributed by atoms with Gasteiger partial charge >= 0.3 is 0 Å². The Kier molecular flexibility index (Phi) is 2.64. The summed E-state index contributed by atoms with van der Waals surface area (Å²) in [5, 5.41) is 3.75. The normalized spacial score (nSPS) is 19.7. The van der Waals surface area contributed by atoms with Crippen LogP contribution in [0.2, 0.25) is 0 Å². The number of hydrogen-bond acceptors (Lipinski definition) is 2. The van der Waals surface area contributed by atoms with Gasteiger partial charge in [0.1, 0.15) is 0 Å². The second-order valence-electron chi connectivity index (χ2n) is 3.28. The van der Waals surface area contributed by atoms with E-state index in [9.17, 15) is 0 Å². The molecule has 0 fully saturated rings. The first-order valence-corrected chi connectivity index (χ1v) is 5.51. The minimum atomic E-state index is 0.419. The van der Waals surface area contributed by atoms with Gasteiger partial charge in [-0.1, -0.05) is 24.8 Å². The maximum Gasteiger partial charge on any atom is 0.0524 e. The van der Waals surface area contributed by atoms with E-state index in [1.807, 2.05) is 23.9 Å². The summed E-state index contributed by atoms with van der Waals surface area (Å²) >= 11 is 1.86. The van der Waals surface area contributed by atoms with E-state index in [0.717, 1.165) is 12.1 Å². The molecule has 1 atom stereocenters. The van der Waals surface area contributed by atoms with Gasteiger partial charge in [-0.25, -0.2) is 0 Å². The Bertz CT molecular complexity index is 370. The molecule has 0 spiro atoms. The van der Waals surface area contributed by atoms with Crippen molar-refractivity contribution in [3.05, 3.63) is 49.2 Å². The van der Waals surface area contributed by atoms with Gasteiger partial charge in [0, 0.05) is 10.6 Å². The molecule has 0 saturated heterocycles. The molecule has 0 bridgehead atoms. The molecule has 14 heavy (non-hydrogen) atoms. The second kappa shape index (κ2) is 3.93. The van der Waals surface area contributed by atoms with Crippen LogP contribution in [0.3, 0.4) is 0 Å². The van der Waals surface area contributed by atoms with E-state index in [1.54, 1.807) is 0 Å². The summed E-state index contributed by atoms with van der Waals surface area (Å²) < 4.78 is 0. The van der Waals surface area contributed by atoms with Crippen molar-refractivity contribution in [1.29, 1.82) is 0 Å². The highest BCUT2D eigenvalue weighted by molar-refractivity contribution is 8.00. The number of benzene rings is 1. The number of allylic oxidation sites excluding steroid dienone is 1. The largest absolute Gasteiger partial charge is 0.358 e. The van der Waals surface area contributed by atoms with E-state index in [0.29, 0.717) is 5.25 Å². The minimum absolute atomic E-state index is 0.419. The van der Waals surface area contributed by atoms with Gasteiger partial charge in [-0.05, 0) is 18.6 Å². The summed E-state index contributed by atoms with van der Waals surface area (Å²) in [6, 6.07) is 8.31. The van der Waals surface area contributed by atoms with Crippen LogP contribution in [0.4, 0.5) is 5.69 Å². The fourth-order valence-corrected chi connectivity index (χ4v) is 2.64. The van der Waals surface area contributed by atoms with Gasteiger partial charge in [0.25, 0.3) is 0 Å². The van der Waals surface area contributed by atoms with Crippen LogP contribution in [0.15, 0.2) is 54.1 Å². The smallest absolute Gasteiger partial charge is 0.0524 e. The standard InChI is InChI=1S/C12H13NS/c1-3-6-11-9(2)13-10-7-4-5-8-12(10)14-11/h3-5,7-8,11,13H,1-2,6H2. The van der Waals surface area contributed by atoms with Crippen molar-refractivity contribution in [3.8, 4) is 0 Å². The van der Waals surface area contributed by atoms with Crippen LogP contribution >= 0.6 is 11.8 Å². The number of anilines is 1. The monoisotopic (exact) mass is 203 g/mol. The summed E-state index contributed by atoms with van der Waals surface area (Å²) in [5.41, 5.74) is 2.25. The van der Waals surface area contributed by atoms with Gasteiger partial charge in [-0.3, -0.25) is 0 Å². The molecular weight excluding hydrogens is 190 g/mol. The molecule has 1 heterocycles. The van der Waals surface area contributed by atoms with Crippen molar-refractivity contribution in [1.82, 2.24) is 0 Å². The van der Waals surface area contributed by atoms with Crippen LogP contribution < -0.4 is 5.32 Å². The van der Waals surface area contributed by atoms with Crippen LogP contribution in [0, 0.1) is 0 Å². The van der Waals surface area contributed by atoms with E-state index in [4.69, 9.17) is 0 Å². The third kappa shape index (κ3) is 1.70. The van der Waals surface area contributed by atoms with Crippen molar-refractivity contribution in [2.45, 2.75) is 16.6 Å². The van der Waals surface area contributed by atoms with Gasteiger partial charge in [0.2, 0.25) is 0 Å². The Morgan fingerprint density at radius 2 is 2.21 bits per heavy atom. The molecule has 1 nitrogen and oxygen atoms in total. The number of rotatable bonds is 2. The zero-order valence-corrected chi connectivity index (χ0v) is 8.81. The van der Waals surface area contributed by atoms with Crippen molar-refractivity contribution in [2.75, 3.05) is 5.32 Å². The summed E-state index contributed by atoms with van der Waals surface area (Å²) in [5.74, 6) is 0. The average Bonchev–Trinajstić information content (AvgIpc) is 2.19. The maximum atomic E-state index is 4.03. The number of nitrogens with one attached hydrogen (secondary N) is 1. The molecule has 2 heteroatoms. The van der Waals surface area contributed by atoms with Crippen molar-refractivity contribution in [2.24, 2.45) is 0 Å². The SMILES string of the molecule is C=CCC1Sc2ccccc2NC1=C. The predicted molar refractivity (Wildman–Crippen MR) is 63.7 cm³/mol. The first-order chi connectivity index (χ1) is 6.81. The zero-order chi connectivity index (χ0) is 9.97. The fourth-order valence-electron chi connectivity index (χ4n) is 1.49. The number of thioether (sulfide) groups is 1. The lowest BCUT2D eigenvalue weighted by Crippen LogP contribution is -2.17. The molecule has 0 saturated carbocycles. The van der Waals surface area contributed by atoms with E-state index >= 15 is 0 Å². The van der Waals surface area contributed by atoms with E-state index in [-0.39, 0.29) is 0 Å². The molecule has 1 aliphatic rings. The first-order valence-electron chi connectivity index (χ1n) is 4.63. The highest BCUT2D eigenvalue weighted by Crippen LogP contribution is 2.39. The lowest BCUT2D eigenvalue weighted by molar-refractivity contribution is 0.994. The average molecular weight is 203 g/mol. The Morgan fingerprint density at radius 1 is 1.43 bits per heavy atom. The third-order valence-corrected chi connectivity index (χ3v) is 3.59. The summed E-state index contributed by atoms with van der Waals surface area (Å²) in [6.45, 7) is 7.80. The molecule has 72 valence electrons. The molecule has 1 aliphatic heterocycles. The Hall–Kier alpha value is -1.15. The summed E-state index contributed by atoms with van der Waals surface area (Å²) in [4.78, 5) is 1.30. The fraction of sp³-hybridized carbons (Fsp3) is 0.167. The van der Waals surface area contributed by atoms with Gasteiger partial charge in [0.05, 0.1) is 10.9 Å². The molecule has 2 rings (SSSR count). The minimum Gasteiger partial charge on any atom is -0.358 e. The lowest BCUT2D eigenvalue weighted by Gasteiger charge is -2.26. The quantitative estimate of drug-likeness (QED) is 0.736. The molecule has 0 aromatic heterocycles.